The monoisotopic (exact) mass is 488 g/mol. The molecule has 1 N–H and O–H groups in total. The van der Waals surface area contributed by atoms with E-state index in [0.29, 0.717) is 17.2 Å². The van der Waals surface area contributed by atoms with Crippen molar-refractivity contribution < 1.29 is 14.3 Å². The van der Waals surface area contributed by atoms with Crippen molar-refractivity contribution in [1.29, 1.82) is 0 Å². The predicted molar refractivity (Wildman–Crippen MR) is 137 cm³/mol. The van der Waals surface area contributed by atoms with Crippen LogP contribution in [0.1, 0.15) is 4.88 Å². The fourth-order valence-electron chi connectivity index (χ4n) is 3.30. The summed E-state index contributed by atoms with van der Waals surface area (Å²) in [6.07, 6.45) is 1.61. The first kappa shape index (κ1) is 21.3. The minimum atomic E-state index is -0.503. The minimum absolute atomic E-state index is 0.0350. The van der Waals surface area contributed by atoms with Gasteiger partial charge in [0.05, 0.1) is 5.69 Å². The van der Waals surface area contributed by atoms with Gasteiger partial charge < -0.3 is 4.74 Å². The van der Waals surface area contributed by atoms with Gasteiger partial charge in [0.2, 0.25) is 0 Å². The number of nitrogens with zero attached hydrogens (tertiary/aromatic N) is 1. The Morgan fingerprint density at radius 2 is 1.61 bits per heavy atom. The van der Waals surface area contributed by atoms with Crippen LogP contribution in [0.5, 0.6) is 11.5 Å². The number of amides is 2. The molecule has 1 saturated heterocycles. The Kier molecular flexibility index (Phi) is 5.87. The number of carbonyl (C=O) groups excluding carboxylic acids is 2. The smallest absolute Gasteiger partial charge is 0.270 e. The Morgan fingerprint density at radius 3 is 2.33 bits per heavy atom. The Bertz CT molecular complexity index is 1360. The molecular weight excluding hydrogens is 472 g/mol. The molecule has 0 spiro atoms. The van der Waals surface area contributed by atoms with E-state index in [2.05, 4.69) is 5.32 Å². The molecule has 1 fully saturated rings. The van der Waals surface area contributed by atoms with Crippen molar-refractivity contribution in [2.75, 3.05) is 4.90 Å². The number of para-hydroxylation sites is 1. The highest BCUT2D eigenvalue weighted by molar-refractivity contribution is 7.80. The number of thiocarbonyl (C=S) groups is 1. The number of nitrogens with one attached hydrogen (secondary N) is 1. The molecule has 0 saturated carbocycles. The van der Waals surface area contributed by atoms with Crippen LogP contribution in [0.2, 0.25) is 0 Å². The summed E-state index contributed by atoms with van der Waals surface area (Å²) in [6.45, 7) is 0. The van der Waals surface area contributed by atoms with Crippen molar-refractivity contribution in [2.45, 2.75) is 0 Å². The van der Waals surface area contributed by atoms with Crippen LogP contribution < -0.4 is 15.0 Å². The molecule has 1 aliphatic rings. The Hall–Kier alpha value is -3.59. The van der Waals surface area contributed by atoms with Gasteiger partial charge in [0.1, 0.15) is 17.1 Å². The third kappa shape index (κ3) is 4.49. The number of carbonyl (C=O) groups is 2. The van der Waals surface area contributed by atoms with Gasteiger partial charge in [-0.3, -0.25) is 19.8 Å². The lowest BCUT2D eigenvalue weighted by atomic mass is 10.1. The molecule has 1 aliphatic heterocycles. The second-order valence-corrected chi connectivity index (χ2v) is 9.50. The molecule has 162 valence electrons. The summed E-state index contributed by atoms with van der Waals surface area (Å²) in [6, 6.07) is 24.3. The van der Waals surface area contributed by atoms with Crippen LogP contribution >= 0.6 is 34.9 Å². The van der Waals surface area contributed by atoms with Gasteiger partial charge >= 0.3 is 0 Å². The van der Waals surface area contributed by atoms with Crippen LogP contribution in [0.4, 0.5) is 5.69 Å². The summed E-state index contributed by atoms with van der Waals surface area (Å²) in [7, 11) is 0. The van der Waals surface area contributed by atoms with Crippen LogP contribution in [-0.2, 0) is 9.59 Å². The van der Waals surface area contributed by atoms with Gasteiger partial charge in [0.25, 0.3) is 11.8 Å². The maximum Gasteiger partial charge on any atom is 0.270 e. The normalized spacial score (nSPS) is 15.1. The predicted octanol–water partition coefficient (Wildman–Crippen LogP) is 6.10. The molecule has 8 heteroatoms. The highest BCUT2D eigenvalue weighted by Gasteiger charge is 2.34. The zero-order chi connectivity index (χ0) is 22.8. The fraction of sp³-hybridized carbons (Fsp3) is 0. The molecule has 33 heavy (non-hydrogen) atoms. The van der Waals surface area contributed by atoms with Gasteiger partial charge in [-0.1, -0.05) is 24.3 Å². The fourth-order valence-corrected chi connectivity index (χ4v) is 5.37. The average Bonchev–Trinajstić information content (AvgIpc) is 3.50. The molecule has 0 bridgehead atoms. The van der Waals surface area contributed by atoms with Gasteiger partial charge in [0.15, 0.2) is 5.11 Å². The van der Waals surface area contributed by atoms with E-state index in [4.69, 9.17) is 17.0 Å². The summed E-state index contributed by atoms with van der Waals surface area (Å²) in [5.41, 5.74) is 0.578. The van der Waals surface area contributed by atoms with Crippen LogP contribution in [0.15, 0.2) is 89.8 Å². The molecule has 5 rings (SSSR count). The Balaban J connectivity index is 1.39. The van der Waals surface area contributed by atoms with E-state index in [-0.39, 0.29) is 10.7 Å². The molecule has 5 nitrogen and oxygen atoms in total. The lowest BCUT2D eigenvalue weighted by Gasteiger charge is -2.28. The standard InChI is InChI=1S/C25H16N2O3S3/c28-23-20(15-19-12-13-22(33-19)21-7-4-14-32-21)24(29)27(25(31)26-23)16-8-10-18(11-9-16)30-17-5-2-1-3-6-17/h1-15H,(H,26,28,31). The first-order chi connectivity index (χ1) is 16.1. The number of ether oxygens (including phenoxy) is 1. The van der Waals surface area contributed by atoms with Gasteiger partial charge in [0, 0.05) is 14.6 Å². The average molecular weight is 489 g/mol. The minimum Gasteiger partial charge on any atom is -0.457 e. The summed E-state index contributed by atoms with van der Waals surface area (Å²) in [5, 5.41) is 4.68. The third-order valence-corrected chi connectivity index (χ3v) is 7.24. The van der Waals surface area contributed by atoms with Gasteiger partial charge in [-0.2, -0.15) is 0 Å². The summed E-state index contributed by atoms with van der Waals surface area (Å²) >= 11 is 8.46. The quantitative estimate of drug-likeness (QED) is 0.210. The van der Waals surface area contributed by atoms with Crippen molar-refractivity contribution in [3.8, 4) is 21.3 Å². The number of anilines is 1. The maximum atomic E-state index is 13.2. The molecule has 2 aromatic heterocycles. The number of benzene rings is 2. The molecule has 3 heterocycles. The summed E-state index contributed by atoms with van der Waals surface area (Å²) in [4.78, 5) is 30.2. The second-order valence-electron chi connectivity index (χ2n) is 7.05. The van der Waals surface area contributed by atoms with E-state index in [0.717, 1.165) is 14.6 Å². The van der Waals surface area contributed by atoms with Crippen LogP contribution in [-0.4, -0.2) is 16.9 Å². The Morgan fingerprint density at radius 1 is 0.848 bits per heavy atom. The van der Waals surface area contributed by atoms with E-state index in [9.17, 15) is 9.59 Å². The van der Waals surface area contributed by atoms with E-state index < -0.39 is 11.8 Å². The number of hydrogen-bond donors (Lipinski definition) is 1. The zero-order valence-corrected chi connectivity index (χ0v) is 19.5. The van der Waals surface area contributed by atoms with E-state index in [1.165, 1.54) is 16.2 Å². The third-order valence-electron chi connectivity index (χ3n) is 4.85. The van der Waals surface area contributed by atoms with Gasteiger partial charge in [-0.15, -0.1) is 22.7 Å². The topological polar surface area (TPSA) is 58.6 Å². The van der Waals surface area contributed by atoms with Gasteiger partial charge in [-0.25, -0.2) is 0 Å². The maximum absolute atomic E-state index is 13.2. The molecule has 0 aliphatic carbocycles. The van der Waals surface area contributed by atoms with Crippen LogP contribution in [0.3, 0.4) is 0 Å². The first-order valence-electron chi connectivity index (χ1n) is 9.96. The molecule has 2 aromatic carbocycles. The largest absolute Gasteiger partial charge is 0.457 e. The van der Waals surface area contributed by atoms with Crippen molar-refractivity contribution >= 4 is 63.6 Å². The lowest BCUT2D eigenvalue weighted by molar-refractivity contribution is -0.122. The second kappa shape index (κ2) is 9.11. The lowest BCUT2D eigenvalue weighted by Crippen LogP contribution is -2.54. The van der Waals surface area contributed by atoms with Crippen molar-refractivity contribution in [2.24, 2.45) is 0 Å². The number of thiophene rings is 2. The van der Waals surface area contributed by atoms with Crippen molar-refractivity contribution in [3.63, 3.8) is 0 Å². The molecule has 0 atom stereocenters. The highest BCUT2D eigenvalue weighted by atomic mass is 32.1. The van der Waals surface area contributed by atoms with Crippen molar-refractivity contribution in [3.05, 3.63) is 94.7 Å². The molecular formula is C25H16N2O3S3. The van der Waals surface area contributed by atoms with E-state index in [1.54, 1.807) is 41.7 Å². The SMILES string of the molecule is O=C1NC(=S)N(c2ccc(Oc3ccccc3)cc2)C(=O)C1=Cc1ccc(-c2cccs2)s1. The van der Waals surface area contributed by atoms with Crippen LogP contribution in [0, 0.1) is 0 Å². The molecule has 4 aromatic rings. The Labute approximate surface area is 203 Å². The first-order valence-corrected chi connectivity index (χ1v) is 12.1. The number of rotatable bonds is 5. The van der Waals surface area contributed by atoms with Crippen LogP contribution in [0.25, 0.3) is 15.8 Å². The molecule has 0 radical (unpaired) electrons. The molecule has 2 amide bonds. The summed E-state index contributed by atoms with van der Waals surface area (Å²) < 4.78 is 5.81. The van der Waals surface area contributed by atoms with E-state index >= 15 is 0 Å². The highest BCUT2D eigenvalue weighted by Crippen LogP contribution is 2.33. The zero-order valence-electron chi connectivity index (χ0n) is 17.1. The van der Waals surface area contributed by atoms with Crippen molar-refractivity contribution in [1.82, 2.24) is 5.32 Å². The summed E-state index contributed by atoms with van der Waals surface area (Å²) in [5.74, 6) is 0.368. The van der Waals surface area contributed by atoms with Gasteiger partial charge in [-0.05, 0) is 78.3 Å². The number of hydrogen-bond acceptors (Lipinski definition) is 6. The molecule has 0 unspecified atom stereocenters. The van der Waals surface area contributed by atoms with E-state index in [1.807, 2.05) is 60.0 Å².